The fourth-order valence-electron chi connectivity index (χ4n) is 1.34. The van der Waals surface area contributed by atoms with E-state index < -0.39 is 0 Å². The van der Waals surface area contributed by atoms with Crippen LogP contribution in [0, 0.1) is 0 Å². The molecule has 3 nitrogen and oxygen atoms in total. The summed E-state index contributed by atoms with van der Waals surface area (Å²) in [4.78, 5) is 4.20. The molecule has 0 unspecified atom stereocenters. The van der Waals surface area contributed by atoms with Gasteiger partial charge in [0.15, 0.2) is 0 Å². The predicted octanol–water partition coefficient (Wildman–Crippen LogP) is 3.46. The van der Waals surface area contributed by atoms with E-state index in [0.717, 1.165) is 20.9 Å². The first-order chi connectivity index (χ1) is 7.20. The summed E-state index contributed by atoms with van der Waals surface area (Å²) in [5.41, 5.74) is 1.46. The fraction of sp³-hybridized carbons (Fsp3) is 0. The van der Waals surface area contributed by atoms with Gasteiger partial charge in [-0.3, -0.25) is 4.98 Å². The van der Waals surface area contributed by atoms with Crippen LogP contribution in [0.5, 0.6) is 0 Å². The minimum atomic E-state index is 0.537. The number of hydrogen-bond acceptors (Lipinski definition) is 3. The zero-order valence-electron chi connectivity index (χ0n) is 7.48. The molecule has 0 saturated carbocycles. The van der Waals surface area contributed by atoms with E-state index in [-0.39, 0.29) is 0 Å². The fourth-order valence-corrected chi connectivity index (χ4v) is 1.97. The zero-order chi connectivity index (χ0) is 10.8. The maximum Gasteiger partial charge on any atom is 0.0889 e. The predicted molar refractivity (Wildman–Crippen MR) is 63.8 cm³/mol. The summed E-state index contributed by atoms with van der Waals surface area (Å²) < 4.78 is 0.879. The second kappa shape index (κ2) is 4.16. The maximum absolute atomic E-state index is 8.44. The van der Waals surface area contributed by atoms with Crippen molar-refractivity contribution in [2.45, 2.75) is 0 Å². The molecule has 0 aliphatic carbocycles. The molecular weight excluding hydrogens is 279 g/mol. The molecule has 1 heterocycles. The van der Waals surface area contributed by atoms with Crippen LogP contribution in [0.2, 0.25) is 5.02 Å². The highest BCUT2D eigenvalue weighted by atomic mass is 79.9. The number of pyridine rings is 1. The SMILES string of the molecule is O/N=C/c1cc(Cl)c2ncc(Br)cc2c1. The number of fused-ring (bicyclic) bond motifs is 1. The highest BCUT2D eigenvalue weighted by Crippen LogP contribution is 2.25. The molecule has 1 aromatic carbocycles. The number of aromatic nitrogens is 1. The van der Waals surface area contributed by atoms with Crippen molar-refractivity contribution in [1.29, 1.82) is 0 Å². The number of nitrogens with zero attached hydrogens (tertiary/aromatic N) is 2. The van der Waals surface area contributed by atoms with Crippen molar-refractivity contribution in [3.8, 4) is 0 Å². The Bertz CT molecular complexity index is 542. The summed E-state index contributed by atoms with van der Waals surface area (Å²) in [5.74, 6) is 0. The van der Waals surface area contributed by atoms with Crippen LogP contribution in [0.15, 0.2) is 34.0 Å². The quantitative estimate of drug-likeness (QED) is 0.495. The van der Waals surface area contributed by atoms with Crippen molar-refractivity contribution < 1.29 is 5.21 Å². The number of halogens is 2. The van der Waals surface area contributed by atoms with Crippen LogP contribution in [0.1, 0.15) is 5.56 Å². The van der Waals surface area contributed by atoms with Crippen LogP contribution in [-0.4, -0.2) is 16.4 Å². The van der Waals surface area contributed by atoms with Gasteiger partial charge < -0.3 is 5.21 Å². The lowest BCUT2D eigenvalue weighted by Gasteiger charge is -2.01. The van der Waals surface area contributed by atoms with Crippen molar-refractivity contribution in [2.75, 3.05) is 0 Å². The first-order valence-electron chi connectivity index (χ1n) is 4.13. The third kappa shape index (κ3) is 2.11. The summed E-state index contributed by atoms with van der Waals surface area (Å²) in [5, 5.41) is 12.8. The van der Waals surface area contributed by atoms with Gasteiger partial charge in [0.25, 0.3) is 0 Å². The van der Waals surface area contributed by atoms with Gasteiger partial charge in [0, 0.05) is 16.1 Å². The summed E-state index contributed by atoms with van der Waals surface area (Å²) in [6, 6.07) is 5.45. The van der Waals surface area contributed by atoms with Crippen molar-refractivity contribution in [1.82, 2.24) is 4.98 Å². The van der Waals surface area contributed by atoms with Gasteiger partial charge >= 0.3 is 0 Å². The smallest absolute Gasteiger partial charge is 0.0889 e. The summed E-state index contributed by atoms with van der Waals surface area (Å²) in [6.45, 7) is 0. The molecule has 76 valence electrons. The monoisotopic (exact) mass is 284 g/mol. The van der Waals surface area contributed by atoms with Gasteiger partial charge in [-0.25, -0.2) is 0 Å². The van der Waals surface area contributed by atoms with Crippen LogP contribution in [0.4, 0.5) is 0 Å². The Morgan fingerprint density at radius 2 is 2.20 bits per heavy atom. The molecule has 2 aromatic rings. The first-order valence-corrected chi connectivity index (χ1v) is 5.30. The van der Waals surface area contributed by atoms with Crippen molar-refractivity contribution in [2.24, 2.45) is 5.16 Å². The molecule has 0 saturated heterocycles. The van der Waals surface area contributed by atoms with Crippen LogP contribution in [0.25, 0.3) is 10.9 Å². The highest BCUT2D eigenvalue weighted by molar-refractivity contribution is 9.10. The number of oxime groups is 1. The van der Waals surface area contributed by atoms with Gasteiger partial charge in [0.1, 0.15) is 0 Å². The Morgan fingerprint density at radius 1 is 1.40 bits per heavy atom. The van der Waals surface area contributed by atoms with E-state index in [1.165, 1.54) is 6.21 Å². The average molecular weight is 286 g/mol. The van der Waals surface area contributed by atoms with Gasteiger partial charge in [0.2, 0.25) is 0 Å². The Hall–Kier alpha value is -1.13. The molecule has 15 heavy (non-hydrogen) atoms. The molecule has 0 aliphatic heterocycles. The Morgan fingerprint density at radius 3 is 2.93 bits per heavy atom. The van der Waals surface area contributed by atoms with Gasteiger partial charge in [-0.2, -0.15) is 0 Å². The minimum Gasteiger partial charge on any atom is -0.411 e. The highest BCUT2D eigenvalue weighted by Gasteiger charge is 2.03. The average Bonchev–Trinajstić information content (AvgIpc) is 2.17. The molecule has 2 rings (SSSR count). The molecule has 0 radical (unpaired) electrons. The maximum atomic E-state index is 8.44. The Balaban J connectivity index is 2.73. The molecular formula is C10H6BrClN2O. The minimum absolute atomic E-state index is 0.537. The molecule has 0 aliphatic rings. The van der Waals surface area contributed by atoms with Gasteiger partial charge in [-0.1, -0.05) is 16.8 Å². The van der Waals surface area contributed by atoms with E-state index in [1.54, 1.807) is 12.3 Å². The molecule has 0 bridgehead atoms. The van der Waals surface area contributed by atoms with Crippen molar-refractivity contribution in [3.05, 3.63) is 39.5 Å². The molecule has 5 heteroatoms. The molecule has 1 N–H and O–H groups in total. The van der Waals surface area contributed by atoms with E-state index in [2.05, 4.69) is 26.1 Å². The molecule has 0 spiro atoms. The van der Waals surface area contributed by atoms with Crippen LogP contribution < -0.4 is 0 Å². The van der Waals surface area contributed by atoms with E-state index in [9.17, 15) is 0 Å². The van der Waals surface area contributed by atoms with E-state index in [0.29, 0.717) is 5.02 Å². The van der Waals surface area contributed by atoms with E-state index >= 15 is 0 Å². The summed E-state index contributed by atoms with van der Waals surface area (Å²) in [6.07, 6.45) is 3.01. The second-order valence-corrected chi connectivity index (χ2v) is 4.30. The van der Waals surface area contributed by atoms with Crippen molar-refractivity contribution in [3.63, 3.8) is 0 Å². The topological polar surface area (TPSA) is 45.5 Å². The van der Waals surface area contributed by atoms with Crippen molar-refractivity contribution >= 4 is 44.6 Å². The van der Waals surface area contributed by atoms with Crippen LogP contribution in [0.3, 0.4) is 0 Å². The molecule has 1 aromatic heterocycles. The number of hydrogen-bond donors (Lipinski definition) is 1. The van der Waals surface area contributed by atoms with Gasteiger partial charge in [0.05, 0.1) is 16.8 Å². The lowest BCUT2D eigenvalue weighted by Crippen LogP contribution is -1.86. The summed E-state index contributed by atoms with van der Waals surface area (Å²) >= 11 is 9.36. The largest absolute Gasteiger partial charge is 0.411 e. The van der Waals surface area contributed by atoms with Gasteiger partial charge in [-0.05, 0) is 39.7 Å². The molecule has 0 fully saturated rings. The number of rotatable bonds is 1. The normalized spacial score (nSPS) is 11.3. The number of benzene rings is 1. The standard InChI is InChI=1S/C10H6BrClN2O/c11-8-3-7-1-6(4-14-15)2-9(12)10(7)13-5-8/h1-5,15H/b14-4+. The lowest BCUT2D eigenvalue weighted by atomic mass is 10.1. The molecule has 0 amide bonds. The third-order valence-electron chi connectivity index (χ3n) is 1.93. The van der Waals surface area contributed by atoms with E-state index in [1.807, 2.05) is 12.1 Å². The zero-order valence-corrected chi connectivity index (χ0v) is 9.83. The van der Waals surface area contributed by atoms with Crippen LogP contribution >= 0.6 is 27.5 Å². The van der Waals surface area contributed by atoms with Crippen LogP contribution in [-0.2, 0) is 0 Å². The summed E-state index contributed by atoms with van der Waals surface area (Å²) in [7, 11) is 0. The Labute approximate surface area is 99.5 Å². The molecule has 0 atom stereocenters. The van der Waals surface area contributed by atoms with Gasteiger partial charge in [-0.15, -0.1) is 0 Å². The Kier molecular flexibility index (Phi) is 2.88. The van der Waals surface area contributed by atoms with E-state index in [4.69, 9.17) is 16.8 Å². The second-order valence-electron chi connectivity index (χ2n) is 2.97. The first kappa shape index (κ1) is 10.4. The third-order valence-corrected chi connectivity index (χ3v) is 2.65. The lowest BCUT2D eigenvalue weighted by molar-refractivity contribution is 0.322.